The van der Waals surface area contributed by atoms with Crippen LogP contribution in [0.5, 0.6) is 0 Å². The van der Waals surface area contributed by atoms with Gasteiger partial charge in [-0.05, 0) is 28.4 Å². The largest absolute Gasteiger partial charge is 0.394 e. The van der Waals surface area contributed by atoms with Crippen molar-refractivity contribution in [2.24, 2.45) is 5.73 Å². The summed E-state index contributed by atoms with van der Waals surface area (Å²) in [7, 11) is 0. The van der Waals surface area contributed by atoms with E-state index in [4.69, 9.17) is 16.6 Å². The molecule has 5 heteroatoms. The lowest BCUT2D eigenvalue weighted by Crippen LogP contribution is -2.18. The second-order valence-electron chi connectivity index (χ2n) is 2.82. The summed E-state index contributed by atoms with van der Waals surface area (Å²) in [4.78, 5) is 3.95. The number of halogens is 1. The molecule has 0 aliphatic heterocycles. The summed E-state index contributed by atoms with van der Waals surface area (Å²) >= 11 is 3.32. The minimum atomic E-state index is -0.468. The van der Waals surface area contributed by atoms with Gasteiger partial charge in [0, 0.05) is 16.2 Å². The highest BCUT2D eigenvalue weighted by Gasteiger charge is 2.14. The smallest absolute Gasteiger partial charge is 0.128 e. The summed E-state index contributed by atoms with van der Waals surface area (Å²) in [5.74, 6) is 0.377. The van der Waals surface area contributed by atoms with Gasteiger partial charge < -0.3 is 16.6 Å². The zero-order valence-electron chi connectivity index (χ0n) is 7.29. The maximum absolute atomic E-state index is 8.90. The SMILES string of the molecule is Cc1c(Br)cnc(N)c1C(N)CO. The number of nitrogen functional groups attached to an aromatic ring is 1. The zero-order chi connectivity index (χ0) is 10.0. The molecule has 0 radical (unpaired) electrons. The molecule has 0 aliphatic carbocycles. The van der Waals surface area contributed by atoms with Crippen LogP contribution < -0.4 is 11.5 Å². The van der Waals surface area contributed by atoms with Crippen molar-refractivity contribution in [3.8, 4) is 0 Å². The maximum Gasteiger partial charge on any atom is 0.128 e. The Hall–Kier alpha value is -0.650. The normalized spacial score (nSPS) is 12.9. The topological polar surface area (TPSA) is 85.2 Å². The van der Waals surface area contributed by atoms with Gasteiger partial charge in [0.15, 0.2) is 0 Å². The summed E-state index contributed by atoms with van der Waals surface area (Å²) in [6.07, 6.45) is 1.62. The van der Waals surface area contributed by atoms with Crippen molar-refractivity contribution in [2.75, 3.05) is 12.3 Å². The monoisotopic (exact) mass is 245 g/mol. The number of aromatic nitrogens is 1. The van der Waals surface area contributed by atoms with Crippen LogP contribution in [0.4, 0.5) is 5.82 Å². The second kappa shape index (κ2) is 4.04. The molecule has 0 saturated heterocycles. The van der Waals surface area contributed by atoms with E-state index in [0.29, 0.717) is 11.4 Å². The first-order valence-electron chi connectivity index (χ1n) is 3.84. The van der Waals surface area contributed by atoms with Crippen LogP contribution >= 0.6 is 15.9 Å². The Morgan fingerprint density at radius 3 is 2.85 bits per heavy atom. The van der Waals surface area contributed by atoms with Crippen molar-refractivity contribution < 1.29 is 5.11 Å². The Morgan fingerprint density at radius 2 is 2.31 bits per heavy atom. The average Bonchev–Trinajstić information content (AvgIpc) is 2.12. The van der Waals surface area contributed by atoms with Crippen molar-refractivity contribution in [3.63, 3.8) is 0 Å². The van der Waals surface area contributed by atoms with Crippen LogP contribution in [0.2, 0.25) is 0 Å². The number of nitrogens with zero attached hydrogens (tertiary/aromatic N) is 1. The molecule has 1 heterocycles. The number of aliphatic hydroxyl groups is 1. The van der Waals surface area contributed by atoms with Gasteiger partial charge >= 0.3 is 0 Å². The van der Waals surface area contributed by atoms with E-state index >= 15 is 0 Å². The van der Waals surface area contributed by atoms with E-state index in [9.17, 15) is 0 Å². The lowest BCUT2D eigenvalue weighted by Gasteiger charge is -2.14. The molecule has 13 heavy (non-hydrogen) atoms. The molecule has 1 aromatic rings. The molecule has 0 aromatic carbocycles. The zero-order valence-corrected chi connectivity index (χ0v) is 8.87. The Labute approximate surface area is 85.1 Å². The fourth-order valence-corrected chi connectivity index (χ4v) is 1.49. The van der Waals surface area contributed by atoms with Gasteiger partial charge in [0.1, 0.15) is 5.82 Å². The fraction of sp³-hybridized carbons (Fsp3) is 0.375. The summed E-state index contributed by atoms with van der Waals surface area (Å²) in [6, 6.07) is -0.468. The second-order valence-corrected chi connectivity index (χ2v) is 3.67. The molecule has 0 aliphatic rings. The molecule has 1 rings (SSSR count). The lowest BCUT2D eigenvalue weighted by atomic mass is 10.0. The van der Waals surface area contributed by atoms with Crippen LogP contribution in [0.1, 0.15) is 17.2 Å². The molecule has 0 bridgehead atoms. The molecular weight excluding hydrogens is 234 g/mol. The number of pyridine rings is 1. The van der Waals surface area contributed by atoms with Crippen molar-refractivity contribution >= 4 is 21.7 Å². The average molecular weight is 246 g/mol. The van der Waals surface area contributed by atoms with Crippen molar-refractivity contribution in [3.05, 3.63) is 21.8 Å². The minimum absolute atomic E-state index is 0.136. The van der Waals surface area contributed by atoms with E-state index in [1.807, 2.05) is 6.92 Å². The molecular formula is C8H12BrN3O. The summed E-state index contributed by atoms with van der Waals surface area (Å²) in [5, 5.41) is 8.90. The maximum atomic E-state index is 8.90. The van der Waals surface area contributed by atoms with Crippen molar-refractivity contribution in [1.29, 1.82) is 0 Å². The Bertz CT molecular complexity index is 317. The molecule has 0 amide bonds. The summed E-state index contributed by atoms with van der Waals surface area (Å²) in [5.41, 5.74) is 12.9. The number of aliphatic hydroxyl groups excluding tert-OH is 1. The van der Waals surface area contributed by atoms with E-state index in [1.54, 1.807) is 6.20 Å². The first kappa shape index (κ1) is 10.4. The van der Waals surface area contributed by atoms with Crippen molar-refractivity contribution in [1.82, 2.24) is 4.98 Å². The predicted octanol–water partition coefficient (Wildman–Crippen LogP) is 0.727. The highest BCUT2D eigenvalue weighted by Crippen LogP contribution is 2.26. The molecule has 72 valence electrons. The molecule has 1 unspecified atom stereocenters. The van der Waals surface area contributed by atoms with E-state index in [-0.39, 0.29) is 6.61 Å². The predicted molar refractivity (Wildman–Crippen MR) is 55.1 cm³/mol. The number of hydrogen-bond acceptors (Lipinski definition) is 4. The molecule has 0 fully saturated rings. The minimum Gasteiger partial charge on any atom is -0.394 e. The van der Waals surface area contributed by atoms with Crippen LogP contribution in [-0.2, 0) is 0 Å². The van der Waals surface area contributed by atoms with Crippen LogP contribution in [-0.4, -0.2) is 16.7 Å². The van der Waals surface area contributed by atoms with Gasteiger partial charge in [-0.15, -0.1) is 0 Å². The molecule has 1 aromatic heterocycles. The van der Waals surface area contributed by atoms with E-state index in [1.165, 1.54) is 0 Å². The fourth-order valence-electron chi connectivity index (χ4n) is 1.17. The third-order valence-corrected chi connectivity index (χ3v) is 2.72. The number of anilines is 1. The molecule has 5 N–H and O–H groups in total. The van der Waals surface area contributed by atoms with Crippen LogP contribution in [0.25, 0.3) is 0 Å². The summed E-state index contributed by atoms with van der Waals surface area (Å²) < 4.78 is 0.848. The molecule has 1 atom stereocenters. The van der Waals surface area contributed by atoms with Crippen LogP contribution in [0, 0.1) is 6.92 Å². The molecule has 0 saturated carbocycles. The van der Waals surface area contributed by atoms with Crippen LogP contribution in [0.15, 0.2) is 10.7 Å². The highest BCUT2D eigenvalue weighted by molar-refractivity contribution is 9.10. The van der Waals surface area contributed by atoms with Crippen LogP contribution in [0.3, 0.4) is 0 Å². The standard InChI is InChI=1S/C8H12BrN3O/c1-4-5(9)2-12-8(11)7(4)6(10)3-13/h2,6,13H,3,10H2,1H3,(H2,11,12). The third kappa shape index (κ3) is 1.99. The Morgan fingerprint density at radius 1 is 1.69 bits per heavy atom. The third-order valence-electron chi connectivity index (χ3n) is 1.92. The van der Waals surface area contributed by atoms with E-state index in [0.717, 1.165) is 10.0 Å². The Kier molecular flexibility index (Phi) is 3.24. The lowest BCUT2D eigenvalue weighted by molar-refractivity contribution is 0.267. The quantitative estimate of drug-likeness (QED) is 0.718. The van der Waals surface area contributed by atoms with Gasteiger partial charge in [0.2, 0.25) is 0 Å². The van der Waals surface area contributed by atoms with E-state index in [2.05, 4.69) is 20.9 Å². The van der Waals surface area contributed by atoms with Gasteiger partial charge in [0.25, 0.3) is 0 Å². The first-order valence-corrected chi connectivity index (χ1v) is 4.64. The van der Waals surface area contributed by atoms with Gasteiger partial charge in [0.05, 0.1) is 12.6 Å². The van der Waals surface area contributed by atoms with Gasteiger partial charge in [-0.1, -0.05) is 0 Å². The first-order chi connectivity index (χ1) is 6.07. The number of nitrogens with two attached hydrogens (primary N) is 2. The van der Waals surface area contributed by atoms with Gasteiger partial charge in [-0.2, -0.15) is 0 Å². The van der Waals surface area contributed by atoms with E-state index < -0.39 is 6.04 Å². The van der Waals surface area contributed by atoms with Crippen molar-refractivity contribution in [2.45, 2.75) is 13.0 Å². The van der Waals surface area contributed by atoms with Gasteiger partial charge in [-0.3, -0.25) is 0 Å². The number of hydrogen-bond donors (Lipinski definition) is 3. The Balaban J connectivity index is 3.25. The summed E-state index contributed by atoms with van der Waals surface area (Å²) in [6.45, 7) is 1.75. The molecule has 0 spiro atoms. The van der Waals surface area contributed by atoms with Gasteiger partial charge in [-0.25, -0.2) is 4.98 Å². The molecule has 4 nitrogen and oxygen atoms in total. The number of rotatable bonds is 2. The highest BCUT2D eigenvalue weighted by atomic mass is 79.9.